The molecular weight excluding hydrogens is 394 g/mol. The van der Waals surface area contributed by atoms with E-state index in [1.807, 2.05) is 0 Å². The highest BCUT2D eigenvalue weighted by atomic mass is 32.2. The van der Waals surface area contributed by atoms with Crippen molar-refractivity contribution in [3.8, 4) is 5.75 Å². The minimum absolute atomic E-state index is 0.122. The molecule has 1 saturated heterocycles. The molecule has 1 heterocycles. The van der Waals surface area contributed by atoms with E-state index in [2.05, 4.69) is 14.9 Å². The van der Waals surface area contributed by atoms with Crippen LogP contribution in [0.3, 0.4) is 0 Å². The van der Waals surface area contributed by atoms with Crippen molar-refractivity contribution in [2.45, 2.75) is 49.5 Å². The molecule has 3 rings (SSSR count). The number of nitrogens with one attached hydrogen (secondary N) is 2. The molecule has 0 atom stereocenters. The molecule has 1 aromatic carbocycles. The molecule has 0 spiro atoms. The van der Waals surface area contributed by atoms with Gasteiger partial charge in [-0.05, 0) is 25.0 Å². The normalized spacial score (nSPS) is 20.2. The topological polar surface area (TPSA) is 97.0 Å². The molecule has 2 fully saturated rings. The zero-order valence-corrected chi connectivity index (χ0v) is 18.0. The van der Waals surface area contributed by atoms with E-state index in [9.17, 15) is 13.2 Å². The van der Waals surface area contributed by atoms with Crippen molar-refractivity contribution in [3.05, 3.63) is 18.2 Å². The van der Waals surface area contributed by atoms with Crippen LogP contribution in [0.2, 0.25) is 0 Å². The van der Waals surface area contributed by atoms with Gasteiger partial charge in [-0.2, -0.15) is 0 Å². The van der Waals surface area contributed by atoms with Crippen LogP contribution in [-0.2, 0) is 19.6 Å². The van der Waals surface area contributed by atoms with Crippen molar-refractivity contribution in [2.24, 2.45) is 0 Å². The first-order valence-corrected chi connectivity index (χ1v) is 11.6. The Morgan fingerprint density at radius 2 is 1.90 bits per heavy atom. The minimum Gasteiger partial charge on any atom is -0.495 e. The molecule has 162 valence electrons. The lowest BCUT2D eigenvalue weighted by Gasteiger charge is -2.48. The third kappa shape index (κ3) is 5.28. The van der Waals surface area contributed by atoms with Crippen molar-refractivity contribution >= 4 is 21.6 Å². The fourth-order valence-corrected chi connectivity index (χ4v) is 5.43. The highest BCUT2D eigenvalue weighted by Gasteiger charge is 2.39. The SMILES string of the molecule is COc1cc(S(=O)(=O)NCC2(N3CCOCC3)CCCCC2)ccc1NC(C)=O. The number of benzene rings is 1. The first-order valence-electron chi connectivity index (χ1n) is 10.1. The Morgan fingerprint density at radius 1 is 1.21 bits per heavy atom. The third-order valence-electron chi connectivity index (χ3n) is 5.85. The first-order chi connectivity index (χ1) is 13.9. The molecule has 2 N–H and O–H groups in total. The van der Waals surface area contributed by atoms with Gasteiger partial charge < -0.3 is 14.8 Å². The maximum atomic E-state index is 13.0. The molecule has 0 radical (unpaired) electrons. The summed E-state index contributed by atoms with van der Waals surface area (Å²) in [4.78, 5) is 13.8. The summed E-state index contributed by atoms with van der Waals surface area (Å²) >= 11 is 0. The van der Waals surface area contributed by atoms with Gasteiger partial charge in [0, 0.05) is 38.2 Å². The van der Waals surface area contributed by atoms with E-state index in [-0.39, 0.29) is 16.3 Å². The second kappa shape index (κ2) is 9.42. The van der Waals surface area contributed by atoms with Gasteiger partial charge in [-0.3, -0.25) is 9.69 Å². The lowest BCUT2D eigenvalue weighted by atomic mass is 9.80. The molecule has 0 aromatic heterocycles. The number of carbonyl (C=O) groups excluding carboxylic acids is 1. The predicted octanol–water partition coefficient (Wildman–Crippen LogP) is 1.97. The van der Waals surface area contributed by atoms with Crippen LogP contribution in [0.25, 0.3) is 0 Å². The summed E-state index contributed by atoms with van der Waals surface area (Å²) in [6.07, 6.45) is 5.39. The fraction of sp³-hybridized carbons (Fsp3) is 0.650. The average molecular weight is 426 g/mol. The summed E-state index contributed by atoms with van der Waals surface area (Å²) < 4.78 is 39.6. The highest BCUT2D eigenvalue weighted by molar-refractivity contribution is 7.89. The Hall–Kier alpha value is -1.68. The Balaban J connectivity index is 1.77. The number of methoxy groups -OCH3 is 1. The van der Waals surface area contributed by atoms with Gasteiger partial charge in [0.05, 0.1) is 30.9 Å². The number of ether oxygens (including phenoxy) is 2. The Kier molecular flexibility index (Phi) is 7.15. The number of hydrogen-bond donors (Lipinski definition) is 2. The van der Waals surface area contributed by atoms with Crippen LogP contribution in [-0.4, -0.2) is 64.7 Å². The van der Waals surface area contributed by atoms with Crippen LogP contribution in [0, 0.1) is 0 Å². The number of rotatable bonds is 7. The molecule has 29 heavy (non-hydrogen) atoms. The second-order valence-corrected chi connectivity index (χ2v) is 9.52. The first kappa shape index (κ1) is 22.0. The Bertz CT molecular complexity index is 815. The smallest absolute Gasteiger partial charge is 0.240 e. The largest absolute Gasteiger partial charge is 0.495 e. The van der Waals surface area contributed by atoms with Crippen molar-refractivity contribution in [1.82, 2.24) is 9.62 Å². The van der Waals surface area contributed by atoms with Crippen molar-refractivity contribution in [3.63, 3.8) is 0 Å². The fourth-order valence-electron chi connectivity index (χ4n) is 4.30. The van der Waals surface area contributed by atoms with Crippen LogP contribution in [0.1, 0.15) is 39.0 Å². The van der Waals surface area contributed by atoms with Gasteiger partial charge in [0.1, 0.15) is 5.75 Å². The lowest BCUT2D eigenvalue weighted by Crippen LogP contribution is -2.59. The van der Waals surface area contributed by atoms with E-state index in [0.717, 1.165) is 38.8 Å². The molecule has 0 bridgehead atoms. The molecule has 1 saturated carbocycles. The van der Waals surface area contributed by atoms with Crippen molar-refractivity contribution in [2.75, 3.05) is 45.3 Å². The molecule has 2 aliphatic rings. The number of nitrogens with zero attached hydrogens (tertiary/aromatic N) is 1. The summed E-state index contributed by atoms with van der Waals surface area (Å²) in [6, 6.07) is 4.47. The summed E-state index contributed by atoms with van der Waals surface area (Å²) in [7, 11) is -2.27. The van der Waals surface area contributed by atoms with E-state index in [1.54, 1.807) is 6.07 Å². The summed E-state index contributed by atoms with van der Waals surface area (Å²) in [5.74, 6) is 0.0606. The zero-order chi connectivity index (χ0) is 20.9. The van der Waals surface area contributed by atoms with Crippen LogP contribution < -0.4 is 14.8 Å². The number of sulfonamides is 1. The van der Waals surface area contributed by atoms with Crippen LogP contribution in [0.15, 0.2) is 23.1 Å². The maximum absolute atomic E-state index is 13.0. The summed E-state index contributed by atoms with van der Waals surface area (Å²) in [5.41, 5.74) is 0.283. The van der Waals surface area contributed by atoms with E-state index >= 15 is 0 Å². The minimum atomic E-state index is -3.71. The highest BCUT2D eigenvalue weighted by Crippen LogP contribution is 2.34. The van der Waals surface area contributed by atoms with Crippen LogP contribution >= 0.6 is 0 Å². The molecule has 0 unspecified atom stereocenters. The van der Waals surface area contributed by atoms with Gasteiger partial charge in [-0.1, -0.05) is 19.3 Å². The standard InChI is InChI=1S/C20H31N3O5S/c1-16(24)22-18-7-6-17(14-19(18)27-2)29(25,26)21-15-20(8-4-3-5-9-20)23-10-12-28-13-11-23/h6-7,14,21H,3-5,8-13,15H2,1-2H3,(H,22,24). The molecular formula is C20H31N3O5S. The molecule has 1 aliphatic heterocycles. The average Bonchev–Trinajstić information content (AvgIpc) is 2.73. The van der Waals surface area contributed by atoms with Gasteiger partial charge in [0.25, 0.3) is 0 Å². The Labute approximate surface area is 173 Å². The molecule has 1 aliphatic carbocycles. The zero-order valence-electron chi connectivity index (χ0n) is 17.2. The second-order valence-electron chi connectivity index (χ2n) is 7.75. The van der Waals surface area contributed by atoms with Crippen LogP contribution in [0.4, 0.5) is 5.69 Å². The number of morpholine rings is 1. The van der Waals surface area contributed by atoms with E-state index < -0.39 is 10.0 Å². The van der Waals surface area contributed by atoms with Gasteiger partial charge in [-0.15, -0.1) is 0 Å². The van der Waals surface area contributed by atoms with Crippen molar-refractivity contribution in [1.29, 1.82) is 0 Å². The van der Waals surface area contributed by atoms with Crippen LogP contribution in [0.5, 0.6) is 5.75 Å². The quantitative estimate of drug-likeness (QED) is 0.693. The van der Waals surface area contributed by atoms with Crippen molar-refractivity contribution < 1.29 is 22.7 Å². The number of anilines is 1. The monoisotopic (exact) mass is 425 g/mol. The lowest BCUT2D eigenvalue weighted by molar-refractivity contribution is -0.114. The number of hydrogen-bond acceptors (Lipinski definition) is 6. The molecule has 1 aromatic rings. The third-order valence-corrected chi connectivity index (χ3v) is 7.25. The number of carbonyl (C=O) groups is 1. The molecule has 9 heteroatoms. The Morgan fingerprint density at radius 3 is 2.52 bits per heavy atom. The van der Waals surface area contributed by atoms with E-state index in [1.165, 1.54) is 32.6 Å². The van der Waals surface area contributed by atoms with Gasteiger partial charge >= 0.3 is 0 Å². The van der Waals surface area contributed by atoms with E-state index in [0.29, 0.717) is 31.2 Å². The summed E-state index contributed by atoms with van der Waals surface area (Å²) in [5, 5.41) is 2.64. The molecule has 1 amide bonds. The predicted molar refractivity (Wildman–Crippen MR) is 111 cm³/mol. The summed E-state index contributed by atoms with van der Waals surface area (Å²) in [6.45, 7) is 4.82. The van der Waals surface area contributed by atoms with E-state index in [4.69, 9.17) is 9.47 Å². The maximum Gasteiger partial charge on any atom is 0.240 e. The number of amides is 1. The molecule has 8 nitrogen and oxygen atoms in total. The van der Waals surface area contributed by atoms with Gasteiger partial charge in [0.15, 0.2) is 0 Å². The van der Waals surface area contributed by atoms with Gasteiger partial charge in [0.2, 0.25) is 15.9 Å². The van der Waals surface area contributed by atoms with Gasteiger partial charge in [-0.25, -0.2) is 13.1 Å².